The van der Waals surface area contributed by atoms with Gasteiger partial charge in [-0.15, -0.1) is 0 Å². The highest BCUT2D eigenvalue weighted by Crippen LogP contribution is 2.25. The molecule has 2 N–H and O–H groups in total. The normalized spacial score (nSPS) is 11.3. The number of carbonyl (C=O) groups excluding carboxylic acids is 1. The molecule has 30 heavy (non-hydrogen) atoms. The van der Waals surface area contributed by atoms with Crippen molar-refractivity contribution in [1.29, 1.82) is 0 Å². The Morgan fingerprint density at radius 2 is 2.03 bits per heavy atom. The van der Waals surface area contributed by atoms with E-state index in [9.17, 15) is 9.90 Å². The van der Waals surface area contributed by atoms with Gasteiger partial charge in [-0.25, -0.2) is 15.4 Å². The number of hydrazone groups is 1. The number of fused-ring (bicyclic) bond motifs is 1. The number of rotatable bonds is 9. The van der Waals surface area contributed by atoms with Gasteiger partial charge in [0.1, 0.15) is 10.8 Å². The molecule has 3 rings (SSSR count). The van der Waals surface area contributed by atoms with Crippen molar-refractivity contribution in [1.82, 2.24) is 15.4 Å². The van der Waals surface area contributed by atoms with E-state index in [1.165, 1.54) is 18.0 Å². The fraction of sp³-hybridized carbons (Fsp3) is 0.273. The van der Waals surface area contributed by atoms with Crippen molar-refractivity contribution in [3.8, 4) is 5.75 Å². The first kappa shape index (κ1) is 22.1. The number of aromatic nitrogens is 2. The Morgan fingerprint density at radius 1 is 1.20 bits per heavy atom. The lowest BCUT2D eigenvalue weighted by Crippen LogP contribution is -2.19. The van der Waals surface area contributed by atoms with Crippen LogP contribution in [0.1, 0.15) is 31.0 Å². The van der Waals surface area contributed by atoms with E-state index in [2.05, 4.69) is 27.4 Å². The Hall–Kier alpha value is -2.58. The zero-order valence-corrected chi connectivity index (χ0v) is 18.6. The van der Waals surface area contributed by atoms with Gasteiger partial charge >= 0.3 is 0 Å². The van der Waals surface area contributed by atoms with Gasteiger partial charge in [0.25, 0.3) is 0 Å². The van der Waals surface area contributed by atoms with E-state index in [4.69, 9.17) is 0 Å². The number of hydrogen-bond donors (Lipinski definition) is 2. The quantitative estimate of drug-likeness (QED) is 0.124. The number of nitrogens with one attached hydrogen (secondary N) is 1. The van der Waals surface area contributed by atoms with Crippen molar-refractivity contribution in [2.75, 3.05) is 11.5 Å². The second-order valence-electron chi connectivity index (χ2n) is 6.63. The number of amides is 1. The number of carbonyl (C=O) groups is 1. The summed E-state index contributed by atoms with van der Waals surface area (Å²) in [5.41, 5.74) is 3.97. The van der Waals surface area contributed by atoms with Gasteiger partial charge in [0.05, 0.1) is 12.0 Å². The molecule has 0 aliphatic carbocycles. The van der Waals surface area contributed by atoms with Gasteiger partial charge in [-0.1, -0.05) is 67.2 Å². The molecule has 0 aliphatic heterocycles. The first-order valence-corrected chi connectivity index (χ1v) is 11.7. The smallest absolute Gasteiger partial charge is 0.250 e. The zero-order chi connectivity index (χ0) is 21.3. The van der Waals surface area contributed by atoms with Crippen LogP contribution in [0.4, 0.5) is 0 Å². The predicted octanol–water partition coefficient (Wildman–Crippen LogP) is 4.78. The lowest BCUT2D eigenvalue weighted by Gasteiger charge is -2.06. The van der Waals surface area contributed by atoms with E-state index in [1.807, 2.05) is 43.3 Å². The molecule has 0 radical (unpaired) electrons. The Morgan fingerprint density at radius 3 is 2.87 bits per heavy atom. The maximum absolute atomic E-state index is 12.2. The van der Waals surface area contributed by atoms with Crippen LogP contribution in [0, 0.1) is 6.92 Å². The second-order valence-corrected chi connectivity index (χ2v) is 8.69. The summed E-state index contributed by atoms with van der Waals surface area (Å²) in [7, 11) is 0. The fourth-order valence-electron chi connectivity index (χ4n) is 2.72. The van der Waals surface area contributed by atoms with E-state index < -0.39 is 0 Å². The first-order valence-electron chi connectivity index (χ1n) is 9.70. The molecule has 0 saturated heterocycles. The molecular formula is C22H24N4O2S2. The maximum atomic E-state index is 12.2. The third-order valence-corrected chi connectivity index (χ3v) is 6.07. The van der Waals surface area contributed by atoms with Crippen LogP contribution < -0.4 is 5.43 Å². The second kappa shape index (κ2) is 11.0. The summed E-state index contributed by atoms with van der Waals surface area (Å²) in [5, 5.41) is 17.5. The minimum atomic E-state index is -0.243. The zero-order valence-electron chi connectivity index (χ0n) is 17.0. The van der Waals surface area contributed by atoms with Gasteiger partial charge in [0, 0.05) is 17.0 Å². The first-order chi connectivity index (χ1) is 14.6. The minimum Gasteiger partial charge on any atom is -0.507 e. The summed E-state index contributed by atoms with van der Waals surface area (Å²) >= 11 is 2.99. The van der Waals surface area contributed by atoms with Crippen LogP contribution in [0.5, 0.6) is 5.75 Å². The van der Waals surface area contributed by atoms with Crippen molar-refractivity contribution in [3.63, 3.8) is 0 Å². The summed E-state index contributed by atoms with van der Waals surface area (Å²) in [6, 6.07) is 13.0. The average molecular weight is 441 g/mol. The monoisotopic (exact) mass is 440 g/mol. The summed E-state index contributed by atoms with van der Waals surface area (Å²) in [5.74, 6) is 1.05. The number of aryl methyl sites for hydroxylation is 1. The standard InChI is InChI=1S/C22H24N4O2S2/c1-3-4-11-29-22-24-15(2)12-21(25-22)30-14-20(28)26-23-13-18-17-8-6-5-7-16(17)9-10-19(18)27/h5-10,12-13,27H,3-4,11,14H2,1-2H3,(H,26,28). The van der Waals surface area contributed by atoms with Crippen LogP contribution >= 0.6 is 23.5 Å². The molecule has 0 fully saturated rings. The van der Waals surface area contributed by atoms with Crippen LogP contribution in [0.25, 0.3) is 10.8 Å². The molecule has 1 amide bonds. The number of phenolic OH excluding ortho intramolecular Hbond substituents is 1. The van der Waals surface area contributed by atoms with Gasteiger partial charge in [-0.2, -0.15) is 5.10 Å². The van der Waals surface area contributed by atoms with E-state index >= 15 is 0 Å². The SMILES string of the molecule is CCCCSc1nc(C)cc(SCC(=O)NN=Cc2c(O)ccc3ccccc23)n1. The van der Waals surface area contributed by atoms with E-state index in [0.717, 1.165) is 45.2 Å². The molecular weight excluding hydrogens is 416 g/mol. The van der Waals surface area contributed by atoms with Gasteiger partial charge < -0.3 is 5.11 Å². The van der Waals surface area contributed by atoms with Crippen LogP contribution in [0.2, 0.25) is 0 Å². The van der Waals surface area contributed by atoms with E-state index in [1.54, 1.807) is 17.8 Å². The summed E-state index contributed by atoms with van der Waals surface area (Å²) < 4.78 is 0. The fourth-order valence-corrected chi connectivity index (χ4v) is 4.51. The predicted molar refractivity (Wildman–Crippen MR) is 124 cm³/mol. The Labute approximate surface area is 184 Å². The molecule has 0 aliphatic rings. The number of nitrogens with zero attached hydrogens (tertiary/aromatic N) is 3. The van der Waals surface area contributed by atoms with Gasteiger partial charge in [-0.05, 0) is 36.2 Å². The maximum Gasteiger partial charge on any atom is 0.250 e. The molecule has 0 atom stereocenters. The third kappa shape index (κ3) is 6.21. The highest BCUT2D eigenvalue weighted by molar-refractivity contribution is 8.00. The molecule has 156 valence electrons. The summed E-state index contributed by atoms with van der Waals surface area (Å²) in [4.78, 5) is 21.1. The van der Waals surface area contributed by atoms with Crippen LogP contribution in [0.15, 0.2) is 57.7 Å². The van der Waals surface area contributed by atoms with Crippen LogP contribution in [-0.4, -0.2) is 38.7 Å². The average Bonchev–Trinajstić information content (AvgIpc) is 2.74. The highest BCUT2D eigenvalue weighted by atomic mass is 32.2. The molecule has 2 aromatic carbocycles. The van der Waals surface area contributed by atoms with Gasteiger partial charge in [-0.3, -0.25) is 4.79 Å². The van der Waals surface area contributed by atoms with Crippen molar-refractivity contribution in [3.05, 3.63) is 53.7 Å². The molecule has 0 saturated carbocycles. The van der Waals surface area contributed by atoms with E-state index in [-0.39, 0.29) is 17.4 Å². The van der Waals surface area contributed by atoms with Crippen LogP contribution in [-0.2, 0) is 4.79 Å². The summed E-state index contributed by atoms with van der Waals surface area (Å²) in [6.07, 6.45) is 3.73. The van der Waals surface area contributed by atoms with Crippen molar-refractivity contribution < 1.29 is 9.90 Å². The molecule has 8 heteroatoms. The molecule has 6 nitrogen and oxygen atoms in total. The Balaban J connectivity index is 1.58. The van der Waals surface area contributed by atoms with E-state index in [0.29, 0.717) is 5.56 Å². The molecule has 3 aromatic rings. The number of aromatic hydroxyl groups is 1. The molecule has 1 aromatic heterocycles. The lowest BCUT2D eigenvalue weighted by atomic mass is 10.0. The molecule has 0 bridgehead atoms. The summed E-state index contributed by atoms with van der Waals surface area (Å²) in [6.45, 7) is 4.08. The number of unbranched alkanes of at least 4 members (excludes halogenated alkanes) is 1. The number of phenols is 1. The largest absolute Gasteiger partial charge is 0.507 e. The molecule has 1 heterocycles. The number of benzene rings is 2. The molecule has 0 unspecified atom stereocenters. The lowest BCUT2D eigenvalue weighted by molar-refractivity contribution is -0.118. The minimum absolute atomic E-state index is 0.116. The third-order valence-electron chi connectivity index (χ3n) is 4.22. The van der Waals surface area contributed by atoms with Crippen LogP contribution in [0.3, 0.4) is 0 Å². The Bertz CT molecular complexity index is 1060. The Kier molecular flexibility index (Phi) is 8.10. The number of thioether (sulfide) groups is 2. The van der Waals surface area contributed by atoms with Crippen molar-refractivity contribution >= 4 is 46.4 Å². The van der Waals surface area contributed by atoms with Crippen molar-refractivity contribution in [2.24, 2.45) is 5.10 Å². The highest BCUT2D eigenvalue weighted by Gasteiger charge is 2.08. The topological polar surface area (TPSA) is 87.5 Å². The molecule has 0 spiro atoms. The van der Waals surface area contributed by atoms with Crippen molar-refractivity contribution in [2.45, 2.75) is 36.9 Å². The number of hydrogen-bond acceptors (Lipinski definition) is 7. The van der Waals surface area contributed by atoms with Gasteiger partial charge in [0.15, 0.2) is 5.16 Å². The van der Waals surface area contributed by atoms with Gasteiger partial charge in [0.2, 0.25) is 5.91 Å².